The number of thiophene rings is 1. The maximum atomic E-state index is 10.8. The van der Waals surface area contributed by atoms with E-state index in [1.165, 1.54) is 0 Å². The summed E-state index contributed by atoms with van der Waals surface area (Å²) in [6.07, 6.45) is 0. The standard InChI is InChI=1S/C11H6BrNO2S/c12-6-3-1-2-5-9-8(16-10(5)6)4-7(13-9)11(14)15/h1-4,13H,(H,14,15). The van der Waals surface area contributed by atoms with Gasteiger partial charge in [0.25, 0.3) is 0 Å². The highest BCUT2D eigenvalue weighted by molar-refractivity contribution is 9.10. The fraction of sp³-hybridized carbons (Fsp3) is 0. The summed E-state index contributed by atoms with van der Waals surface area (Å²) in [5.41, 5.74) is 1.14. The fourth-order valence-corrected chi connectivity index (χ4v) is 3.47. The average molecular weight is 296 g/mol. The number of carbonyl (C=O) groups is 1. The van der Waals surface area contributed by atoms with E-state index in [2.05, 4.69) is 20.9 Å². The second-order valence-electron chi connectivity index (χ2n) is 3.45. The number of carboxylic acid groups (broad SMARTS) is 1. The van der Waals surface area contributed by atoms with E-state index in [1.807, 2.05) is 18.2 Å². The van der Waals surface area contributed by atoms with E-state index in [4.69, 9.17) is 5.11 Å². The molecule has 0 aliphatic carbocycles. The molecule has 3 nitrogen and oxygen atoms in total. The summed E-state index contributed by atoms with van der Waals surface area (Å²) in [6.45, 7) is 0. The van der Waals surface area contributed by atoms with E-state index >= 15 is 0 Å². The quantitative estimate of drug-likeness (QED) is 0.716. The van der Waals surface area contributed by atoms with Crippen molar-refractivity contribution in [3.8, 4) is 0 Å². The van der Waals surface area contributed by atoms with Crippen molar-refractivity contribution < 1.29 is 9.90 Å². The number of benzene rings is 1. The van der Waals surface area contributed by atoms with Crippen molar-refractivity contribution in [2.75, 3.05) is 0 Å². The molecule has 0 atom stereocenters. The number of hydrogen-bond donors (Lipinski definition) is 2. The van der Waals surface area contributed by atoms with Crippen LogP contribution in [0.4, 0.5) is 0 Å². The van der Waals surface area contributed by atoms with Crippen LogP contribution in [0.15, 0.2) is 28.7 Å². The van der Waals surface area contributed by atoms with Gasteiger partial charge in [-0.05, 0) is 28.1 Å². The molecule has 0 fully saturated rings. The Kier molecular flexibility index (Phi) is 2.05. The largest absolute Gasteiger partial charge is 0.477 e. The number of hydrogen-bond acceptors (Lipinski definition) is 2. The first kappa shape index (κ1) is 9.86. The molecule has 2 aromatic heterocycles. The number of aromatic carboxylic acids is 1. The van der Waals surface area contributed by atoms with Gasteiger partial charge in [0, 0.05) is 9.86 Å². The molecule has 0 saturated heterocycles. The number of nitrogens with one attached hydrogen (secondary N) is 1. The molecule has 0 amide bonds. The first-order valence-corrected chi connectivity index (χ1v) is 6.21. The summed E-state index contributed by atoms with van der Waals surface area (Å²) < 4.78 is 3.15. The molecule has 2 heterocycles. The van der Waals surface area contributed by atoms with Crippen molar-refractivity contribution in [1.29, 1.82) is 0 Å². The number of aromatic amines is 1. The Balaban J connectivity index is 2.43. The lowest BCUT2D eigenvalue weighted by Gasteiger charge is -1.92. The van der Waals surface area contributed by atoms with Gasteiger partial charge in [0.2, 0.25) is 0 Å². The Morgan fingerprint density at radius 3 is 3.00 bits per heavy atom. The van der Waals surface area contributed by atoms with Gasteiger partial charge in [-0.15, -0.1) is 11.3 Å². The molecule has 3 aromatic rings. The van der Waals surface area contributed by atoms with Crippen LogP contribution in [0.25, 0.3) is 20.3 Å². The van der Waals surface area contributed by atoms with Gasteiger partial charge in [-0.2, -0.15) is 0 Å². The highest BCUT2D eigenvalue weighted by Crippen LogP contribution is 2.37. The second-order valence-corrected chi connectivity index (χ2v) is 5.35. The zero-order valence-electron chi connectivity index (χ0n) is 7.95. The second kappa shape index (κ2) is 3.33. The smallest absolute Gasteiger partial charge is 0.352 e. The third-order valence-corrected chi connectivity index (χ3v) is 4.57. The summed E-state index contributed by atoms with van der Waals surface area (Å²) in [5.74, 6) is -0.924. The molecule has 2 N–H and O–H groups in total. The molecular formula is C11H6BrNO2S. The third-order valence-electron chi connectivity index (χ3n) is 2.46. The van der Waals surface area contributed by atoms with Crippen molar-refractivity contribution in [2.24, 2.45) is 0 Å². The minimum atomic E-state index is -0.924. The molecule has 80 valence electrons. The van der Waals surface area contributed by atoms with Gasteiger partial charge in [0.1, 0.15) is 5.69 Å². The van der Waals surface area contributed by atoms with Gasteiger partial charge >= 0.3 is 5.97 Å². The van der Waals surface area contributed by atoms with E-state index < -0.39 is 5.97 Å². The zero-order chi connectivity index (χ0) is 11.3. The van der Waals surface area contributed by atoms with Crippen LogP contribution in [-0.2, 0) is 0 Å². The zero-order valence-corrected chi connectivity index (χ0v) is 10.4. The summed E-state index contributed by atoms with van der Waals surface area (Å²) in [5, 5.41) is 9.95. The number of rotatable bonds is 1. The Bertz CT molecular complexity index is 713. The van der Waals surface area contributed by atoms with E-state index in [9.17, 15) is 4.79 Å². The molecule has 1 aromatic carbocycles. The lowest BCUT2D eigenvalue weighted by atomic mass is 10.2. The summed E-state index contributed by atoms with van der Waals surface area (Å²) in [4.78, 5) is 13.8. The van der Waals surface area contributed by atoms with E-state index in [0.29, 0.717) is 0 Å². The third kappa shape index (κ3) is 1.28. The predicted octanol–water partition coefficient (Wildman–Crippen LogP) is 3.84. The number of halogens is 1. The van der Waals surface area contributed by atoms with Crippen LogP contribution >= 0.6 is 27.3 Å². The summed E-state index contributed by atoms with van der Waals surface area (Å²) in [6, 6.07) is 7.59. The first-order chi connectivity index (χ1) is 7.66. The highest BCUT2D eigenvalue weighted by atomic mass is 79.9. The van der Waals surface area contributed by atoms with E-state index in [1.54, 1.807) is 17.4 Å². The van der Waals surface area contributed by atoms with Crippen LogP contribution in [0.5, 0.6) is 0 Å². The molecule has 0 aliphatic heterocycles. The van der Waals surface area contributed by atoms with Gasteiger partial charge in [0.05, 0.1) is 14.9 Å². The Morgan fingerprint density at radius 1 is 1.44 bits per heavy atom. The Hall–Kier alpha value is -1.33. The SMILES string of the molecule is O=C(O)c1cc2sc3c(Br)cccc3c2[nH]1. The number of H-pyrrole nitrogens is 1. The maximum Gasteiger partial charge on any atom is 0.352 e. The number of carboxylic acids is 1. The normalized spacial score (nSPS) is 11.3. The molecule has 0 spiro atoms. The molecule has 5 heteroatoms. The highest BCUT2D eigenvalue weighted by Gasteiger charge is 2.13. The van der Waals surface area contributed by atoms with Crippen LogP contribution in [0.1, 0.15) is 10.5 Å². The van der Waals surface area contributed by atoms with Crippen molar-refractivity contribution >= 4 is 53.5 Å². The molecule has 0 radical (unpaired) electrons. The Labute approximate surface area is 103 Å². The lowest BCUT2D eigenvalue weighted by Crippen LogP contribution is -1.94. The van der Waals surface area contributed by atoms with Crippen LogP contribution < -0.4 is 0 Å². The minimum absolute atomic E-state index is 0.239. The summed E-state index contributed by atoms with van der Waals surface area (Å²) >= 11 is 5.07. The fourth-order valence-electron chi connectivity index (χ4n) is 1.75. The van der Waals surface area contributed by atoms with E-state index in [-0.39, 0.29) is 5.69 Å². The van der Waals surface area contributed by atoms with E-state index in [0.717, 1.165) is 24.8 Å². The van der Waals surface area contributed by atoms with Crippen molar-refractivity contribution in [3.05, 3.63) is 34.4 Å². The van der Waals surface area contributed by atoms with Gasteiger partial charge < -0.3 is 10.1 Å². The van der Waals surface area contributed by atoms with Crippen LogP contribution in [0, 0.1) is 0 Å². The average Bonchev–Trinajstić information content (AvgIpc) is 2.76. The minimum Gasteiger partial charge on any atom is -0.477 e. The molecule has 0 saturated carbocycles. The monoisotopic (exact) mass is 295 g/mol. The molecule has 0 bridgehead atoms. The number of fused-ring (bicyclic) bond motifs is 3. The lowest BCUT2D eigenvalue weighted by molar-refractivity contribution is 0.0691. The predicted molar refractivity (Wildman–Crippen MR) is 68.3 cm³/mol. The molecule has 0 unspecified atom stereocenters. The maximum absolute atomic E-state index is 10.8. The van der Waals surface area contributed by atoms with Gasteiger partial charge in [-0.25, -0.2) is 4.79 Å². The molecule has 3 rings (SSSR count). The topological polar surface area (TPSA) is 53.1 Å². The first-order valence-electron chi connectivity index (χ1n) is 4.60. The van der Waals surface area contributed by atoms with Crippen LogP contribution in [-0.4, -0.2) is 16.1 Å². The molecule has 0 aliphatic rings. The van der Waals surface area contributed by atoms with Crippen molar-refractivity contribution in [2.45, 2.75) is 0 Å². The van der Waals surface area contributed by atoms with Gasteiger partial charge in [-0.3, -0.25) is 0 Å². The van der Waals surface area contributed by atoms with Gasteiger partial charge in [-0.1, -0.05) is 12.1 Å². The molecule has 16 heavy (non-hydrogen) atoms. The van der Waals surface area contributed by atoms with Gasteiger partial charge in [0.15, 0.2) is 0 Å². The van der Waals surface area contributed by atoms with Crippen LogP contribution in [0.3, 0.4) is 0 Å². The molecular weight excluding hydrogens is 290 g/mol. The Morgan fingerprint density at radius 2 is 2.25 bits per heavy atom. The van der Waals surface area contributed by atoms with Crippen molar-refractivity contribution in [3.63, 3.8) is 0 Å². The number of aromatic nitrogens is 1. The summed E-state index contributed by atoms with van der Waals surface area (Å²) in [7, 11) is 0. The van der Waals surface area contributed by atoms with Crippen LogP contribution in [0.2, 0.25) is 0 Å². The van der Waals surface area contributed by atoms with Crippen molar-refractivity contribution in [1.82, 2.24) is 4.98 Å².